The number of hydrogen-bond donors (Lipinski definition) is 2. The number of carbonyl (C=O) groups excluding carboxylic acids is 2. The van der Waals surface area contributed by atoms with E-state index in [9.17, 15) is 9.59 Å². The van der Waals surface area contributed by atoms with Crippen molar-refractivity contribution in [2.24, 2.45) is 0 Å². The van der Waals surface area contributed by atoms with Crippen LogP contribution in [0.4, 0.5) is 11.4 Å². The Morgan fingerprint density at radius 1 is 0.844 bits per heavy atom. The predicted molar refractivity (Wildman–Crippen MR) is 126 cm³/mol. The molecule has 2 amide bonds. The molecule has 164 valence electrons. The van der Waals surface area contributed by atoms with Crippen LogP contribution in [0.15, 0.2) is 72.8 Å². The van der Waals surface area contributed by atoms with E-state index in [0.717, 1.165) is 38.4 Å². The molecule has 0 spiro atoms. The summed E-state index contributed by atoms with van der Waals surface area (Å²) in [6.45, 7) is 4.20. The summed E-state index contributed by atoms with van der Waals surface area (Å²) in [5, 5.41) is 6.04. The molecule has 0 aromatic heterocycles. The summed E-state index contributed by atoms with van der Waals surface area (Å²) in [6.07, 6.45) is 0. The minimum Gasteiger partial charge on any atom is -0.379 e. The third-order valence-corrected chi connectivity index (χ3v) is 5.56. The van der Waals surface area contributed by atoms with Crippen LogP contribution < -0.4 is 10.6 Å². The topological polar surface area (TPSA) is 70.7 Å². The molecule has 6 nitrogen and oxygen atoms in total. The normalized spacial score (nSPS) is 14.0. The van der Waals surface area contributed by atoms with Gasteiger partial charge in [0.2, 0.25) is 0 Å². The average Bonchev–Trinajstić information content (AvgIpc) is 2.83. The number of carbonyl (C=O) groups is 2. The molecule has 0 aliphatic carbocycles. The maximum Gasteiger partial charge on any atom is 0.255 e. The maximum absolute atomic E-state index is 12.7. The molecular weight excluding hydrogens is 426 g/mol. The highest BCUT2D eigenvalue weighted by Crippen LogP contribution is 2.26. The molecule has 3 aromatic rings. The highest BCUT2D eigenvalue weighted by atomic mass is 35.5. The fourth-order valence-corrected chi connectivity index (χ4v) is 3.63. The SMILES string of the molecule is O=C(Nc1ccc(Cl)c(NC(=O)c2ccccc2)c1)c1ccc(CN2CCOCC2)cc1. The van der Waals surface area contributed by atoms with Crippen molar-refractivity contribution < 1.29 is 14.3 Å². The van der Waals surface area contributed by atoms with E-state index in [-0.39, 0.29) is 11.8 Å². The molecule has 1 fully saturated rings. The number of benzene rings is 3. The summed E-state index contributed by atoms with van der Waals surface area (Å²) in [7, 11) is 0. The molecule has 0 bridgehead atoms. The quantitative estimate of drug-likeness (QED) is 0.573. The molecule has 32 heavy (non-hydrogen) atoms. The fourth-order valence-electron chi connectivity index (χ4n) is 3.47. The molecule has 0 saturated carbocycles. The lowest BCUT2D eigenvalue weighted by atomic mass is 10.1. The van der Waals surface area contributed by atoms with Gasteiger partial charge >= 0.3 is 0 Å². The van der Waals surface area contributed by atoms with E-state index in [1.54, 1.807) is 42.5 Å². The first kappa shape index (κ1) is 22.0. The Hall–Kier alpha value is -3.19. The molecule has 4 rings (SSSR count). The Morgan fingerprint density at radius 2 is 1.50 bits per heavy atom. The highest BCUT2D eigenvalue weighted by Gasteiger charge is 2.13. The number of nitrogens with one attached hydrogen (secondary N) is 2. The first-order chi connectivity index (χ1) is 15.6. The molecule has 1 aliphatic rings. The van der Waals surface area contributed by atoms with E-state index in [4.69, 9.17) is 16.3 Å². The van der Waals surface area contributed by atoms with E-state index in [1.165, 1.54) is 0 Å². The number of halogens is 1. The van der Waals surface area contributed by atoms with Crippen molar-refractivity contribution in [1.29, 1.82) is 0 Å². The van der Waals surface area contributed by atoms with Crippen molar-refractivity contribution in [3.63, 3.8) is 0 Å². The van der Waals surface area contributed by atoms with Crippen LogP contribution in [0.5, 0.6) is 0 Å². The molecule has 1 heterocycles. The lowest BCUT2D eigenvalue weighted by Gasteiger charge is -2.26. The van der Waals surface area contributed by atoms with E-state index >= 15 is 0 Å². The Kier molecular flexibility index (Phi) is 7.17. The second-order valence-corrected chi connectivity index (χ2v) is 7.96. The number of ether oxygens (including phenoxy) is 1. The van der Waals surface area contributed by atoms with E-state index in [1.807, 2.05) is 30.3 Å². The molecule has 0 radical (unpaired) electrons. The third-order valence-electron chi connectivity index (χ3n) is 5.23. The van der Waals surface area contributed by atoms with Crippen molar-refractivity contribution in [3.8, 4) is 0 Å². The third kappa shape index (κ3) is 5.73. The number of morpholine rings is 1. The Balaban J connectivity index is 1.39. The van der Waals surface area contributed by atoms with Crippen molar-refractivity contribution in [2.75, 3.05) is 36.9 Å². The minimum absolute atomic E-state index is 0.231. The largest absolute Gasteiger partial charge is 0.379 e. The number of amides is 2. The van der Waals surface area contributed by atoms with Crippen molar-refractivity contribution in [1.82, 2.24) is 4.90 Å². The summed E-state index contributed by atoms with van der Waals surface area (Å²) >= 11 is 6.24. The predicted octanol–water partition coefficient (Wildman–Crippen LogP) is 4.68. The van der Waals surface area contributed by atoms with Crippen LogP contribution in [-0.2, 0) is 11.3 Å². The van der Waals surface area contributed by atoms with Crippen LogP contribution in [0.3, 0.4) is 0 Å². The first-order valence-electron chi connectivity index (χ1n) is 10.4. The zero-order chi connectivity index (χ0) is 22.3. The molecule has 7 heteroatoms. The Labute approximate surface area is 192 Å². The van der Waals surface area contributed by atoms with Crippen molar-refractivity contribution in [2.45, 2.75) is 6.54 Å². The Morgan fingerprint density at radius 3 is 2.22 bits per heavy atom. The lowest BCUT2D eigenvalue weighted by molar-refractivity contribution is 0.0342. The van der Waals surface area contributed by atoms with Crippen LogP contribution in [0.25, 0.3) is 0 Å². The maximum atomic E-state index is 12.7. The van der Waals surface area contributed by atoms with Gasteiger partial charge in [-0.05, 0) is 48.0 Å². The van der Waals surface area contributed by atoms with Gasteiger partial charge in [-0.1, -0.05) is 41.9 Å². The van der Waals surface area contributed by atoms with Gasteiger partial charge in [-0.15, -0.1) is 0 Å². The van der Waals surface area contributed by atoms with Gasteiger partial charge in [0.05, 0.1) is 23.9 Å². The molecule has 1 saturated heterocycles. The second-order valence-electron chi connectivity index (χ2n) is 7.55. The molecule has 0 atom stereocenters. The highest BCUT2D eigenvalue weighted by molar-refractivity contribution is 6.34. The van der Waals surface area contributed by atoms with Gasteiger partial charge in [0.1, 0.15) is 0 Å². The van der Waals surface area contributed by atoms with Gasteiger partial charge in [-0.25, -0.2) is 0 Å². The van der Waals surface area contributed by atoms with Gasteiger partial charge in [-0.2, -0.15) is 0 Å². The summed E-state index contributed by atoms with van der Waals surface area (Å²) in [5.74, 6) is -0.502. The number of nitrogens with zero attached hydrogens (tertiary/aromatic N) is 1. The van der Waals surface area contributed by atoms with Crippen LogP contribution in [0.1, 0.15) is 26.3 Å². The number of rotatable bonds is 6. The minimum atomic E-state index is -0.271. The van der Waals surface area contributed by atoms with Crippen LogP contribution in [0.2, 0.25) is 5.02 Å². The monoisotopic (exact) mass is 449 g/mol. The first-order valence-corrected chi connectivity index (χ1v) is 10.8. The standard InChI is InChI=1S/C25H24ClN3O3/c26-22-11-10-21(16-23(22)28-25(31)19-4-2-1-3-5-19)27-24(30)20-8-6-18(7-9-20)17-29-12-14-32-15-13-29/h1-11,16H,12-15,17H2,(H,27,30)(H,28,31). The smallest absolute Gasteiger partial charge is 0.255 e. The molecule has 2 N–H and O–H groups in total. The summed E-state index contributed by atoms with van der Waals surface area (Å²) < 4.78 is 5.38. The van der Waals surface area contributed by atoms with Gasteiger partial charge in [-0.3, -0.25) is 14.5 Å². The number of hydrogen-bond acceptors (Lipinski definition) is 4. The van der Waals surface area contributed by atoms with E-state index in [0.29, 0.717) is 27.5 Å². The average molecular weight is 450 g/mol. The zero-order valence-electron chi connectivity index (χ0n) is 17.5. The summed E-state index contributed by atoms with van der Waals surface area (Å²) in [5.41, 5.74) is 3.20. The fraction of sp³-hybridized carbons (Fsp3) is 0.200. The van der Waals surface area contributed by atoms with Crippen molar-refractivity contribution >= 4 is 34.8 Å². The van der Waals surface area contributed by atoms with Gasteiger partial charge in [0.25, 0.3) is 11.8 Å². The lowest BCUT2D eigenvalue weighted by Crippen LogP contribution is -2.35. The van der Waals surface area contributed by atoms with Crippen LogP contribution >= 0.6 is 11.6 Å². The summed E-state index contributed by atoms with van der Waals surface area (Å²) in [6, 6.07) is 21.4. The second kappa shape index (κ2) is 10.4. The van der Waals surface area contributed by atoms with E-state index in [2.05, 4.69) is 15.5 Å². The molecule has 1 aliphatic heterocycles. The van der Waals surface area contributed by atoms with Gasteiger partial charge in [0.15, 0.2) is 0 Å². The van der Waals surface area contributed by atoms with Gasteiger partial charge < -0.3 is 15.4 Å². The number of anilines is 2. The van der Waals surface area contributed by atoms with Crippen LogP contribution in [-0.4, -0.2) is 43.0 Å². The van der Waals surface area contributed by atoms with Gasteiger partial charge in [0, 0.05) is 36.4 Å². The molecule has 3 aromatic carbocycles. The van der Waals surface area contributed by atoms with Crippen LogP contribution in [0, 0.1) is 0 Å². The molecular formula is C25H24ClN3O3. The van der Waals surface area contributed by atoms with E-state index < -0.39 is 0 Å². The Bertz CT molecular complexity index is 1080. The summed E-state index contributed by atoms with van der Waals surface area (Å²) in [4.78, 5) is 27.5. The van der Waals surface area contributed by atoms with Crippen molar-refractivity contribution in [3.05, 3.63) is 94.5 Å². The zero-order valence-corrected chi connectivity index (χ0v) is 18.3. The molecule has 0 unspecified atom stereocenters.